The van der Waals surface area contributed by atoms with E-state index in [1.54, 1.807) is 44.4 Å². The van der Waals surface area contributed by atoms with Crippen LogP contribution in [0.1, 0.15) is 46.0 Å². The van der Waals surface area contributed by atoms with Gasteiger partial charge >= 0.3 is 0 Å². The Labute approximate surface area is 210 Å². The number of likely N-dealkylation sites (N-methyl/N-ethyl adjacent to an activating group) is 1. The van der Waals surface area contributed by atoms with Crippen molar-refractivity contribution in [3.05, 3.63) is 66.3 Å². The molecule has 2 N–H and O–H groups in total. The average molecular weight is 518 g/mol. The molecule has 4 rings (SSSR count). The number of aromatic nitrogens is 1. The van der Waals surface area contributed by atoms with Crippen LogP contribution in [0.5, 0.6) is 0 Å². The van der Waals surface area contributed by atoms with E-state index >= 15 is 0 Å². The Bertz CT molecular complexity index is 1250. The fraction of sp³-hybridized carbons (Fsp3) is 0.304. The lowest BCUT2D eigenvalue weighted by Crippen LogP contribution is -2.28. The number of rotatable bonds is 6. The summed E-state index contributed by atoms with van der Waals surface area (Å²) in [5, 5.41) is 6.12. The van der Waals surface area contributed by atoms with E-state index in [1.807, 2.05) is 7.05 Å². The van der Waals surface area contributed by atoms with Crippen LogP contribution in [0.15, 0.2) is 30.3 Å². The van der Waals surface area contributed by atoms with Crippen LogP contribution in [0, 0.1) is 0 Å². The van der Waals surface area contributed by atoms with Crippen LogP contribution in [0.2, 0.25) is 4.34 Å². The highest BCUT2D eigenvalue weighted by Gasteiger charge is 2.23. The van der Waals surface area contributed by atoms with E-state index in [-0.39, 0.29) is 24.3 Å². The summed E-state index contributed by atoms with van der Waals surface area (Å²) in [7, 11) is 5.35. The molecule has 1 aromatic carbocycles. The fourth-order valence-corrected chi connectivity index (χ4v) is 5.67. The predicted molar refractivity (Wildman–Crippen MR) is 135 cm³/mol. The number of thiazole rings is 1. The van der Waals surface area contributed by atoms with Crippen molar-refractivity contribution in [3.8, 4) is 0 Å². The van der Waals surface area contributed by atoms with E-state index in [4.69, 9.17) is 11.6 Å². The monoisotopic (exact) mass is 517 g/mol. The molecule has 3 heterocycles. The number of nitrogens with one attached hydrogen (secondary N) is 2. The Morgan fingerprint density at radius 1 is 1.15 bits per heavy atom. The molecule has 11 heteroatoms. The van der Waals surface area contributed by atoms with Gasteiger partial charge < -0.3 is 20.4 Å². The average Bonchev–Trinajstić information content (AvgIpc) is 3.43. The number of halogens is 1. The van der Waals surface area contributed by atoms with E-state index in [0.717, 1.165) is 30.1 Å². The van der Waals surface area contributed by atoms with Crippen molar-refractivity contribution in [1.29, 1.82) is 0 Å². The van der Waals surface area contributed by atoms with Crippen LogP contribution in [0.4, 0.5) is 5.69 Å². The van der Waals surface area contributed by atoms with Gasteiger partial charge in [-0.3, -0.25) is 14.4 Å². The standard InChI is InChI=1S/C23H24ClN5O3S2/c1-28(2)23(32)13-5-4-6-15(14(13)11-25-20(30)17-7-8-19(24)33-17)26-21(31)22-27-16-9-10-29(3)12-18(16)34-22/h4-8H,9-12H2,1-3H3,(H,25,30)(H,26,31). The molecule has 3 amide bonds. The van der Waals surface area contributed by atoms with Gasteiger partial charge in [0.05, 0.1) is 14.9 Å². The van der Waals surface area contributed by atoms with Crippen molar-refractivity contribution in [1.82, 2.24) is 20.1 Å². The maximum absolute atomic E-state index is 13.1. The summed E-state index contributed by atoms with van der Waals surface area (Å²) in [5.74, 6) is -0.876. The van der Waals surface area contributed by atoms with Gasteiger partial charge in [-0.25, -0.2) is 4.98 Å². The molecule has 0 saturated carbocycles. The van der Waals surface area contributed by atoms with Gasteiger partial charge in [0, 0.05) is 61.8 Å². The van der Waals surface area contributed by atoms with Crippen LogP contribution >= 0.6 is 34.3 Å². The number of carbonyl (C=O) groups is 3. The molecule has 1 aliphatic rings. The van der Waals surface area contributed by atoms with Crippen molar-refractivity contribution >= 4 is 57.7 Å². The van der Waals surface area contributed by atoms with Gasteiger partial charge in [0.25, 0.3) is 17.7 Å². The van der Waals surface area contributed by atoms with E-state index in [9.17, 15) is 14.4 Å². The van der Waals surface area contributed by atoms with Crippen molar-refractivity contribution in [2.75, 3.05) is 33.0 Å². The molecule has 0 saturated heterocycles. The molecule has 0 aliphatic carbocycles. The first-order valence-corrected chi connectivity index (χ1v) is 12.6. The molecule has 0 radical (unpaired) electrons. The number of benzene rings is 1. The molecule has 1 aliphatic heterocycles. The summed E-state index contributed by atoms with van der Waals surface area (Å²) in [4.78, 5) is 48.2. The molecular weight excluding hydrogens is 494 g/mol. The van der Waals surface area contributed by atoms with E-state index in [2.05, 4.69) is 20.5 Å². The number of thiophene rings is 1. The van der Waals surface area contributed by atoms with Gasteiger partial charge in [-0.15, -0.1) is 22.7 Å². The summed E-state index contributed by atoms with van der Waals surface area (Å²) in [6.45, 7) is 1.74. The van der Waals surface area contributed by atoms with E-state index in [0.29, 0.717) is 31.0 Å². The van der Waals surface area contributed by atoms with Crippen LogP contribution in [-0.2, 0) is 19.5 Å². The second-order valence-corrected chi connectivity index (χ2v) is 10.9. The number of fused-ring (bicyclic) bond motifs is 1. The molecule has 0 atom stereocenters. The Morgan fingerprint density at radius 3 is 2.65 bits per heavy atom. The largest absolute Gasteiger partial charge is 0.347 e. The molecule has 0 fully saturated rings. The first-order chi connectivity index (χ1) is 16.2. The third kappa shape index (κ3) is 5.30. The topological polar surface area (TPSA) is 94.6 Å². The Kier molecular flexibility index (Phi) is 7.32. The molecule has 0 unspecified atom stereocenters. The molecule has 34 heavy (non-hydrogen) atoms. The van der Waals surface area contributed by atoms with Crippen LogP contribution in [0.3, 0.4) is 0 Å². The molecule has 0 spiro atoms. The zero-order valence-electron chi connectivity index (χ0n) is 19.0. The number of carbonyl (C=O) groups excluding carboxylic acids is 3. The molecule has 3 aromatic rings. The summed E-state index contributed by atoms with van der Waals surface area (Å²) >= 11 is 8.50. The van der Waals surface area contributed by atoms with Crippen molar-refractivity contribution < 1.29 is 14.4 Å². The van der Waals surface area contributed by atoms with Crippen molar-refractivity contribution in [3.63, 3.8) is 0 Å². The lowest BCUT2D eigenvalue weighted by Gasteiger charge is -2.20. The first kappa shape index (κ1) is 24.3. The third-order valence-corrected chi connectivity index (χ3v) is 7.71. The second-order valence-electron chi connectivity index (χ2n) is 8.15. The highest BCUT2D eigenvalue weighted by atomic mass is 35.5. The Hall–Kier alpha value is -2.79. The number of amides is 3. The minimum Gasteiger partial charge on any atom is -0.347 e. The van der Waals surface area contributed by atoms with Crippen molar-refractivity contribution in [2.24, 2.45) is 0 Å². The van der Waals surface area contributed by atoms with Gasteiger partial charge in [-0.2, -0.15) is 0 Å². The third-order valence-electron chi connectivity index (χ3n) is 5.40. The van der Waals surface area contributed by atoms with E-state index < -0.39 is 0 Å². The molecular formula is C23H24ClN5O3S2. The second kappa shape index (κ2) is 10.2. The number of hydrogen-bond acceptors (Lipinski definition) is 7. The van der Waals surface area contributed by atoms with Gasteiger partial charge in [0.2, 0.25) is 0 Å². The lowest BCUT2D eigenvalue weighted by molar-refractivity contribution is 0.0824. The summed E-state index contributed by atoms with van der Waals surface area (Å²) in [6.07, 6.45) is 0.812. The molecule has 0 bridgehead atoms. The number of hydrogen-bond donors (Lipinski definition) is 2. The number of anilines is 1. The maximum atomic E-state index is 13.1. The van der Waals surface area contributed by atoms with E-state index in [1.165, 1.54) is 27.6 Å². The highest BCUT2D eigenvalue weighted by molar-refractivity contribution is 7.18. The lowest BCUT2D eigenvalue weighted by atomic mass is 10.0. The molecule has 178 valence electrons. The quantitative estimate of drug-likeness (QED) is 0.519. The van der Waals surface area contributed by atoms with Crippen molar-refractivity contribution in [2.45, 2.75) is 19.5 Å². The zero-order chi connectivity index (χ0) is 24.4. The molecule has 2 aromatic heterocycles. The minimum atomic E-state index is -0.339. The maximum Gasteiger partial charge on any atom is 0.284 e. The Morgan fingerprint density at radius 2 is 1.94 bits per heavy atom. The van der Waals surface area contributed by atoms with Gasteiger partial charge in [-0.05, 0) is 31.3 Å². The van der Waals surface area contributed by atoms with Gasteiger partial charge in [0.1, 0.15) is 0 Å². The number of nitrogens with zero attached hydrogens (tertiary/aromatic N) is 3. The highest BCUT2D eigenvalue weighted by Crippen LogP contribution is 2.27. The predicted octanol–water partition coefficient (Wildman–Crippen LogP) is 3.73. The fourth-order valence-electron chi connectivity index (χ4n) is 3.62. The SMILES string of the molecule is CN1CCc2nc(C(=O)Nc3cccc(C(=O)N(C)C)c3CNC(=O)c3ccc(Cl)s3)sc2C1. The minimum absolute atomic E-state index is 0.0544. The Balaban J connectivity index is 1.59. The van der Waals surface area contributed by atoms with Crippen LogP contribution in [-0.4, -0.2) is 60.2 Å². The smallest absolute Gasteiger partial charge is 0.284 e. The molecule has 8 nitrogen and oxygen atoms in total. The summed E-state index contributed by atoms with van der Waals surface area (Å²) in [6, 6.07) is 8.40. The van der Waals surface area contributed by atoms with Gasteiger partial charge in [-0.1, -0.05) is 17.7 Å². The zero-order valence-corrected chi connectivity index (χ0v) is 21.4. The normalized spacial score (nSPS) is 13.3. The first-order valence-electron chi connectivity index (χ1n) is 10.6. The van der Waals surface area contributed by atoms with Crippen LogP contribution < -0.4 is 10.6 Å². The van der Waals surface area contributed by atoms with Gasteiger partial charge in [0.15, 0.2) is 5.01 Å². The van der Waals surface area contributed by atoms with Crippen LogP contribution in [0.25, 0.3) is 0 Å². The summed E-state index contributed by atoms with van der Waals surface area (Å²) < 4.78 is 0.513. The summed E-state index contributed by atoms with van der Waals surface area (Å²) in [5.41, 5.74) is 2.33.